The molecule has 0 saturated heterocycles. The number of nitrogens with one attached hydrogen (secondary N) is 2. The highest BCUT2D eigenvalue weighted by Gasteiger charge is 2.13. The monoisotopic (exact) mass is 342 g/mol. The molecule has 3 N–H and O–H groups in total. The quantitative estimate of drug-likeness (QED) is 0.658. The second-order valence-electron chi connectivity index (χ2n) is 5.88. The number of aliphatic hydroxyl groups excluding tert-OH is 1. The van der Waals surface area contributed by atoms with Crippen molar-refractivity contribution in [2.45, 2.75) is 19.9 Å². The number of aliphatic hydroxyl groups is 1. The van der Waals surface area contributed by atoms with Crippen molar-refractivity contribution in [2.24, 2.45) is 6.98 Å². The predicted octanol–water partition coefficient (Wildman–Crippen LogP) is 2.17. The maximum Gasteiger partial charge on any atom is 0.261 e. The molecule has 130 valence electrons. The van der Waals surface area contributed by atoms with Crippen molar-refractivity contribution in [1.82, 2.24) is 14.5 Å². The average Bonchev–Trinajstić information content (AvgIpc) is 2.60. The first-order valence-electron chi connectivity index (χ1n) is 9.33. The molecule has 0 aliphatic carbocycles. The van der Waals surface area contributed by atoms with E-state index < -0.39 is 12.5 Å². The van der Waals surface area contributed by atoms with Gasteiger partial charge in [0, 0.05) is 29.5 Å². The predicted molar refractivity (Wildman–Crippen MR) is 99.4 cm³/mol. The van der Waals surface area contributed by atoms with Gasteiger partial charge in [-0.15, -0.1) is 0 Å². The van der Waals surface area contributed by atoms with Gasteiger partial charge in [0.15, 0.2) is 0 Å². The minimum atomic E-state index is -2.60. The molecular weight excluding hydrogens is 318 g/mol. The molecule has 3 aromatic heterocycles. The molecule has 0 spiro atoms. The van der Waals surface area contributed by atoms with E-state index in [4.69, 9.17) is 4.11 Å². The van der Waals surface area contributed by atoms with Gasteiger partial charge < -0.3 is 20.3 Å². The highest BCUT2D eigenvalue weighted by atomic mass is 16.3. The summed E-state index contributed by atoms with van der Waals surface area (Å²) in [5.41, 5.74) is 0.337. The number of aromatic nitrogens is 3. The summed E-state index contributed by atoms with van der Waals surface area (Å²) in [5.74, 6) is 1.21. The number of rotatable bonds is 5. The van der Waals surface area contributed by atoms with Crippen LogP contribution < -0.4 is 16.2 Å². The topological polar surface area (TPSA) is 92.1 Å². The van der Waals surface area contributed by atoms with Crippen molar-refractivity contribution >= 4 is 28.2 Å². The zero-order valence-electron chi connectivity index (χ0n) is 16.9. The lowest BCUT2D eigenvalue weighted by Crippen LogP contribution is -2.23. The van der Waals surface area contributed by atoms with Crippen LogP contribution in [0.2, 0.25) is 0 Å². The molecule has 1 atom stereocenters. The smallest absolute Gasteiger partial charge is 0.261 e. The highest BCUT2D eigenvalue weighted by Crippen LogP contribution is 2.24. The summed E-state index contributed by atoms with van der Waals surface area (Å²) in [7, 11) is 0. The minimum Gasteiger partial charge on any atom is -0.394 e. The Morgan fingerprint density at radius 1 is 1.36 bits per heavy atom. The molecule has 0 amide bonds. The molecule has 0 aromatic carbocycles. The zero-order valence-corrected chi connectivity index (χ0v) is 13.9. The van der Waals surface area contributed by atoms with Crippen LogP contribution in [0.5, 0.6) is 0 Å². The van der Waals surface area contributed by atoms with Gasteiger partial charge in [-0.2, -0.15) is 0 Å². The summed E-state index contributed by atoms with van der Waals surface area (Å²) in [4.78, 5) is 21.5. The summed E-state index contributed by atoms with van der Waals surface area (Å²) in [6, 6.07) is 6.53. The lowest BCUT2D eigenvalue weighted by molar-refractivity contribution is 0.281. The van der Waals surface area contributed by atoms with Gasteiger partial charge in [-0.05, 0) is 49.1 Å². The summed E-state index contributed by atoms with van der Waals surface area (Å²) < 4.78 is 23.3. The van der Waals surface area contributed by atoms with Crippen molar-refractivity contribution in [1.29, 1.82) is 0 Å². The number of hydrogen-bond acceptors (Lipinski definition) is 6. The third-order valence-electron chi connectivity index (χ3n) is 3.71. The molecule has 3 rings (SSSR count). The van der Waals surface area contributed by atoms with Crippen molar-refractivity contribution in [3.05, 3.63) is 52.6 Å². The van der Waals surface area contributed by atoms with E-state index >= 15 is 0 Å². The summed E-state index contributed by atoms with van der Waals surface area (Å²) in [5, 5.41) is 16.1. The molecular formula is C18H21N5O2. The summed E-state index contributed by atoms with van der Waals surface area (Å²) >= 11 is 0. The first-order valence-corrected chi connectivity index (χ1v) is 7.83. The Bertz CT molecular complexity index is 1070. The third kappa shape index (κ3) is 3.61. The largest absolute Gasteiger partial charge is 0.394 e. The first kappa shape index (κ1) is 13.4. The minimum absolute atomic E-state index is 0.140. The Morgan fingerprint density at radius 2 is 2.20 bits per heavy atom. The third-order valence-corrected chi connectivity index (χ3v) is 3.71. The van der Waals surface area contributed by atoms with Crippen LogP contribution in [-0.4, -0.2) is 32.3 Å². The number of pyridine rings is 3. The molecule has 3 aromatic rings. The van der Waals surface area contributed by atoms with E-state index in [2.05, 4.69) is 20.6 Å². The van der Waals surface area contributed by atoms with Crippen LogP contribution in [0.15, 0.2) is 41.5 Å². The maximum atomic E-state index is 12.8. The van der Waals surface area contributed by atoms with E-state index in [-0.39, 0.29) is 23.9 Å². The average molecular weight is 342 g/mol. The van der Waals surface area contributed by atoms with Gasteiger partial charge >= 0.3 is 0 Å². The fourth-order valence-corrected chi connectivity index (χ4v) is 2.45. The van der Waals surface area contributed by atoms with Gasteiger partial charge in [0.2, 0.25) is 0 Å². The fraction of sp³-hybridized carbons (Fsp3) is 0.278. The Balaban J connectivity index is 2.17. The maximum absolute atomic E-state index is 12.8. The lowest BCUT2D eigenvalue weighted by Gasteiger charge is -2.16. The molecule has 0 aliphatic rings. The van der Waals surface area contributed by atoms with Crippen LogP contribution in [0.1, 0.15) is 16.6 Å². The number of nitrogens with zero attached hydrogens (tertiary/aromatic N) is 3. The Kier molecular flexibility index (Phi) is 3.69. The molecule has 7 nitrogen and oxygen atoms in total. The van der Waals surface area contributed by atoms with E-state index in [0.29, 0.717) is 21.6 Å². The van der Waals surface area contributed by atoms with Gasteiger partial charge in [0.25, 0.3) is 5.56 Å². The Hall–Kier alpha value is -2.93. The van der Waals surface area contributed by atoms with Crippen LogP contribution in [-0.2, 0) is 6.98 Å². The van der Waals surface area contributed by atoms with E-state index in [1.165, 1.54) is 6.20 Å². The lowest BCUT2D eigenvalue weighted by atomic mass is 10.2. The van der Waals surface area contributed by atoms with Crippen LogP contribution >= 0.6 is 0 Å². The molecule has 0 aliphatic heterocycles. The number of anilines is 3. The molecule has 0 bridgehead atoms. The van der Waals surface area contributed by atoms with E-state index in [1.54, 1.807) is 25.3 Å². The molecule has 0 unspecified atom stereocenters. The van der Waals surface area contributed by atoms with Gasteiger partial charge in [0.05, 0.1) is 12.0 Å². The molecule has 0 fully saturated rings. The zero-order chi connectivity index (χ0) is 20.5. The first-order chi connectivity index (χ1) is 13.2. The molecule has 0 saturated carbocycles. The molecule has 0 radical (unpaired) electrons. The van der Waals surface area contributed by atoms with Crippen LogP contribution in [0.25, 0.3) is 10.8 Å². The fourth-order valence-electron chi connectivity index (χ4n) is 2.45. The van der Waals surface area contributed by atoms with Gasteiger partial charge in [-0.25, -0.2) is 9.97 Å². The molecule has 25 heavy (non-hydrogen) atoms. The number of aryl methyl sites for hydroxylation is 2. The van der Waals surface area contributed by atoms with E-state index in [0.717, 1.165) is 5.56 Å². The SMILES string of the molecule is [2H]C([2H])([2H])n1ccc2cc(Nc3cc(C)ccn3)nc(N[C@@H](C)CO)c2c1=O. The van der Waals surface area contributed by atoms with Crippen molar-refractivity contribution < 1.29 is 9.22 Å². The van der Waals surface area contributed by atoms with E-state index in [9.17, 15) is 9.90 Å². The van der Waals surface area contributed by atoms with Crippen LogP contribution in [0, 0.1) is 6.92 Å². The summed E-state index contributed by atoms with van der Waals surface area (Å²) in [6.45, 7) is 0.878. The van der Waals surface area contributed by atoms with Crippen molar-refractivity contribution in [3.63, 3.8) is 0 Å². The normalized spacial score (nSPS) is 14.4. The van der Waals surface area contributed by atoms with Crippen LogP contribution in [0.3, 0.4) is 0 Å². The number of fused-ring (bicyclic) bond motifs is 1. The molecule has 7 heteroatoms. The Labute approximate surface area is 149 Å². The highest BCUT2D eigenvalue weighted by molar-refractivity contribution is 5.93. The van der Waals surface area contributed by atoms with Crippen LogP contribution in [0.4, 0.5) is 17.5 Å². The van der Waals surface area contributed by atoms with Crippen molar-refractivity contribution in [3.8, 4) is 0 Å². The standard InChI is InChI=1S/C18H21N5O2/c1-11-4-6-19-14(8-11)21-15-9-13-5-7-23(3)18(25)16(13)17(22-15)20-12(2)10-24/h4-9,12,24H,10H2,1-3H3,(H2,19,20,21,22)/t12-/m0/s1/i3D3. The van der Waals surface area contributed by atoms with Crippen molar-refractivity contribution in [2.75, 3.05) is 17.2 Å². The van der Waals surface area contributed by atoms with Gasteiger partial charge in [-0.1, -0.05) is 0 Å². The van der Waals surface area contributed by atoms with Gasteiger partial charge in [-0.3, -0.25) is 4.79 Å². The Morgan fingerprint density at radius 3 is 2.92 bits per heavy atom. The summed E-state index contributed by atoms with van der Waals surface area (Å²) in [6.07, 6.45) is 2.91. The number of hydrogen-bond donors (Lipinski definition) is 3. The second-order valence-corrected chi connectivity index (χ2v) is 5.88. The van der Waals surface area contributed by atoms with E-state index in [1.807, 2.05) is 19.1 Å². The second kappa shape index (κ2) is 6.90. The van der Waals surface area contributed by atoms with Gasteiger partial charge in [0.1, 0.15) is 17.5 Å². The molecule has 3 heterocycles.